The second-order valence-corrected chi connectivity index (χ2v) is 20.6. The lowest BCUT2D eigenvalue weighted by Crippen LogP contribution is -2.30. The van der Waals surface area contributed by atoms with E-state index in [-0.39, 0.29) is 37.5 Å². The van der Waals surface area contributed by atoms with Crippen LogP contribution in [-0.2, 0) is 28.6 Å². The van der Waals surface area contributed by atoms with E-state index in [2.05, 4.69) is 81.5 Å². The van der Waals surface area contributed by atoms with E-state index in [1.54, 1.807) is 0 Å². The van der Waals surface area contributed by atoms with Gasteiger partial charge in [-0.05, 0) is 83.5 Å². The summed E-state index contributed by atoms with van der Waals surface area (Å²) in [7, 11) is 0. The van der Waals surface area contributed by atoms with Gasteiger partial charge < -0.3 is 14.2 Å². The van der Waals surface area contributed by atoms with E-state index in [9.17, 15) is 14.4 Å². The number of allylic oxidation sites excluding steroid dienone is 10. The summed E-state index contributed by atoms with van der Waals surface area (Å²) < 4.78 is 16.9. The van der Waals surface area contributed by atoms with Crippen LogP contribution in [-0.4, -0.2) is 37.2 Å². The van der Waals surface area contributed by atoms with Gasteiger partial charge in [0.25, 0.3) is 0 Å². The highest BCUT2D eigenvalue weighted by molar-refractivity contribution is 5.71. The molecule has 71 heavy (non-hydrogen) atoms. The lowest BCUT2D eigenvalue weighted by atomic mass is 10.0. The van der Waals surface area contributed by atoms with Crippen molar-refractivity contribution < 1.29 is 28.6 Å². The Kier molecular flexibility index (Phi) is 57.2. The van der Waals surface area contributed by atoms with E-state index < -0.39 is 6.10 Å². The Hall–Kier alpha value is -2.89. The second kappa shape index (κ2) is 59.7. The molecule has 0 heterocycles. The standard InChI is InChI=1S/C65H116O6/c1-4-7-10-13-16-19-22-25-28-31-32-35-37-40-43-46-49-52-55-58-64(67)70-61-62(71-65(68)59-56-53-50-47-44-41-38-34-30-27-24-21-18-15-12-9-6-3)60-69-63(66)57-54-51-48-45-42-39-36-33-29-26-23-20-17-14-11-8-5-2/h18,21,27,30-32,38,41,47,50,62H,4-17,19-20,22-26,28-29,33-37,39-40,42-46,48-49,51-61H2,1-3H3/b21-18-,30-27-,32-31-,41-38-,50-47-. The second-order valence-electron chi connectivity index (χ2n) is 20.6. The molecule has 6 heteroatoms. The largest absolute Gasteiger partial charge is 0.462 e. The van der Waals surface area contributed by atoms with Gasteiger partial charge in [-0.3, -0.25) is 14.4 Å². The van der Waals surface area contributed by atoms with E-state index >= 15 is 0 Å². The monoisotopic (exact) mass is 993 g/mol. The summed E-state index contributed by atoms with van der Waals surface area (Å²) in [6.07, 6.45) is 75.1. The van der Waals surface area contributed by atoms with Crippen molar-refractivity contribution in [3.05, 3.63) is 60.8 Å². The summed E-state index contributed by atoms with van der Waals surface area (Å²) in [5.74, 6) is -0.939. The summed E-state index contributed by atoms with van der Waals surface area (Å²) in [5.41, 5.74) is 0. The highest BCUT2D eigenvalue weighted by Crippen LogP contribution is 2.16. The van der Waals surface area contributed by atoms with Crippen molar-refractivity contribution in [2.45, 2.75) is 322 Å². The van der Waals surface area contributed by atoms with E-state index in [4.69, 9.17) is 14.2 Å². The molecule has 0 saturated heterocycles. The summed E-state index contributed by atoms with van der Waals surface area (Å²) in [6.45, 7) is 6.61. The van der Waals surface area contributed by atoms with E-state index in [1.807, 2.05) is 0 Å². The topological polar surface area (TPSA) is 78.9 Å². The van der Waals surface area contributed by atoms with E-state index in [0.717, 1.165) is 64.2 Å². The molecule has 0 aromatic carbocycles. The minimum Gasteiger partial charge on any atom is -0.462 e. The minimum atomic E-state index is -0.803. The summed E-state index contributed by atoms with van der Waals surface area (Å²) in [5, 5.41) is 0. The number of esters is 3. The van der Waals surface area contributed by atoms with Gasteiger partial charge in [0, 0.05) is 19.3 Å². The van der Waals surface area contributed by atoms with Gasteiger partial charge >= 0.3 is 17.9 Å². The first-order valence-corrected chi connectivity index (χ1v) is 30.8. The van der Waals surface area contributed by atoms with Gasteiger partial charge in [0.15, 0.2) is 6.10 Å². The first-order chi connectivity index (χ1) is 35.0. The SMILES string of the molecule is CCCCC/C=C\C/C=C\C/C=C\C/C=C\CCCC(=O)OC(COC(=O)CCCCCCCCC/C=C\CCCCCCCCCC)COC(=O)CCCCCCCCCCCCCCCCCCC. The maximum Gasteiger partial charge on any atom is 0.306 e. The Labute approximate surface area is 440 Å². The molecule has 0 aliphatic heterocycles. The van der Waals surface area contributed by atoms with Crippen molar-refractivity contribution in [1.82, 2.24) is 0 Å². The summed E-state index contributed by atoms with van der Waals surface area (Å²) in [6, 6.07) is 0. The number of ether oxygens (including phenoxy) is 3. The average molecular weight is 994 g/mol. The first kappa shape index (κ1) is 68.1. The lowest BCUT2D eigenvalue weighted by molar-refractivity contribution is -0.167. The van der Waals surface area contributed by atoms with Crippen LogP contribution in [0.15, 0.2) is 60.8 Å². The normalized spacial score (nSPS) is 12.4. The zero-order valence-electron chi connectivity index (χ0n) is 47.2. The number of carbonyl (C=O) groups excluding carboxylic acids is 3. The Bertz CT molecular complexity index is 1280. The van der Waals surface area contributed by atoms with Crippen LogP contribution < -0.4 is 0 Å². The van der Waals surface area contributed by atoms with E-state index in [0.29, 0.717) is 19.3 Å². The van der Waals surface area contributed by atoms with Crippen LogP contribution in [0.1, 0.15) is 316 Å². The van der Waals surface area contributed by atoms with Gasteiger partial charge in [-0.25, -0.2) is 0 Å². The molecule has 412 valence electrons. The Morgan fingerprint density at radius 3 is 0.873 bits per heavy atom. The molecule has 0 aromatic heterocycles. The average Bonchev–Trinajstić information content (AvgIpc) is 3.37. The molecule has 0 aliphatic carbocycles. The van der Waals surface area contributed by atoms with Crippen molar-refractivity contribution in [2.24, 2.45) is 0 Å². The third-order valence-electron chi connectivity index (χ3n) is 13.5. The first-order valence-electron chi connectivity index (χ1n) is 30.8. The fourth-order valence-corrected chi connectivity index (χ4v) is 8.84. The van der Waals surface area contributed by atoms with Crippen LogP contribution in [0.3, 0.4) is 0 Å². The Morgan fingerprint density at radius 2 is 0.521 bits per heavy atom. The molecule has 0 bridgehead atoms. The molecule has 0 N–H and O–H groups in total. The van der Waals surface area contributed by atoms with Gasteiger partial charge in [0.1, 0.15) is 13.2 Å². The maximum atomic E-state index is 12.9. The van der Waals surface area contributed by atoms with Crippen molar-refractivity contribution >= 4 is 17.9 Å². The van der Waals surface area contributed by atoms with Crippen LogP contribution in [0.25, 0.3) is 0 Å². The summed E-state index contributed by atoms with van der Waals surface area (Å²) in [4.78, 5) is 38.2. The predicted octanol–water partition coefficient (Wildman–Crippen LogP) is 20.8. The van der Waals surface area contributed by atoms with Crippen LogP contribution in [0, 0.1) is 0 Å². The van der Waals surface area contributed by atoms with Crippen molar-refractivity contribution in [1.29, 1.82) is 0 Å². The Balaban J connectivity index is 4.43. The van der Waals surface area contributed by atoms with Crippen LogP contribution in [0.5, 0.6) is 0 Å². The highest BCUT2D eigenvalue weighted by atomic mass is 16.6. The third-order valence-corrected chi connectivity index (χ3v) is 13.5. The van der Waals surface area contributed by atoms with Gasteiger partial charge in [-0.2, -0.15) is 0 Å². The number of unbranched alkanes of at least 4 members (excludes halogenated alkanes) is 35. The third kappa shape index (κ3) is 57.9. The molecule has 0 aromatic rings. The van der Waals surface area contributed by atoms with Crippen LogP contribution in [0.4, 0.5) is 0 Å². The van der Waals surface area contributed by atoms with Crippen molar-refractivity contribution in [3.8, 4) is 0 Å². The molecule has 0 spiro atoms. The molecule has 0 radical (unpaired) electrons. The lowest BCUT2D eigenvalue weighted by Gasteiger charge is -2.18. The fourth-order valence-electron chi connectivity index (χ4n) is 8.84. The molecule has 0 fully saturated rings. The number of rotatable bonds is 56. The number of carbonyl (C=O) groups is 3. The molecular weight excluding hydrogens is 877 g/mol. The molecule has 0 rings (SSSR count). The summed E-state index contributed by atoms with van der Waals surface area (Å²) >= 11 is 0. The quantitative estimate of drug-likeness (QED) is 0.0261. The van der Waals surface area contributed by atoms with Gasteiger partial charge in [-0.1, -0.05) is 274 Å². The molecule has 1 unspecified atom stereocenters. The number of hydrogen-bond donors (Lipinski definition) is 0. The smallest absolute Gasteiger partial charge is 0.306 e. The fraction of sp³-hybridized carbons (Fsp3) is 0.800. The van der Waals surface area contributed by atoms with E-state index in [1.165, 1.54) is 205 Å². The Morgan fingerprint density at radius 1 is 0.282 bits per heavy atom. The zero-order chi connectivity index (χ0) is 51.4. The van der Waals surface area contributed by atoms with Gasteiger partial charge in [0.05, 0.1) is 0 Å². The van der Waals surface area contributed by atoms with Crippen molar-refractivity contribution in [3.63, 3.8) is 0 Å². The maximum absolute atomic E-state index is 12.9. The molecule has 1 atom stereocenters. The molecular formula is C65H116O6. The molecule has 0 saturated carbocycles. The van der Waals surface area contributed by atoms with Gasteiger partial charge in [-0.15, -0.1) is 0 Å². The van der Waals surface area contributed by atoms with Gasteiger partial charge in [0.2, 0.25) is 0 Å². The van der Waals surface area contributed by atoms with Crippen LogP contribution in [0.2, 0.25) is 0 Å². The number of hydrogen-bond acceptors (Lipinski definition) is 6. The van der Waals surface area contributed by atoms with Crippen LogP contribution >= 0.6 is 0 Å². The minimum absolute atomic E-state index is 0.0942. The molecule has 0 amide bonds. The highest BCUT2D eigenvalue weighted by Gasteiger charge is 2.19. The van der Waals surface area contributed by atoms with Crippen molar-refractivity contribution in [2.75, 3.05) is 13.2 Å². The predicted molar refractivity (Wildman–Crippen MR) is 307 cm³/mol. The molecule has 0 aliphatic rings. The zero-order valence-corrected chi connectivity index (χ0v) is 47.2. The molecule has 6 nitrogen and oxygen atoms in total.